The lowest BCUT2D eigenvalue weighted by molar-refractivity contribution is -0.119. The number of nitrogens with one attached hydrogen (secondary N) is 2. The molecular formula is C29H27Cl2N5O2S. The molecule has 5 rings (SSSR count). The predicted octanol–water partition coefficient (Wildman–Crippen LogP) is 6.56. The van der Waals surface area contributed by atoms with Crippen LogP contribution < -0.4 is 15.5 Å². The van der Waals surface area contributed by atoms with Gasteiger partial charge in [0, 0.05) is 30.4 Å². The van der Waals surface area contributed by atoms with Gasteiger partial charge in [-0.2, -0.15) is 0 Å². The molecule has 10 heteroatoms. The standard InChI is InChI=1S/C29H27Cl2N5O2S/c1-17-14-20(18(2)35(17)25-10-5-4-8-21(25)30)28-27(24-9-6-7-13-32-24)34-29(39)36(28)19-11-12-23(22(31)15-19)33-26(37)16-38-3/h4-15,27-28H,16H2,1-3H3,(H,33,37)(H,34,39)/t27-,28+/m1/s1. The third kappa shape index (κ3) is 5.25. The lowest BCUT2D eigenvalue weighted by atomic mass is 9.96. The molecule has 1 fully saturated rings. The van der Waals surface area contributed by atoms with Crippen molar-refractivity contribution in [3.63, 3.8) is 0 Å². The lowest BCUT2D eigenvalue weighted by Crippen LogP contribution is -2.29. The van der Waals surface area contributed by atoms with Gasteiger partial charge < -0.3 is 24.8 Å². The Morgan fingerprint density at radius 1 is 1.08 bits per heavy atom. The van der Waals surface area contributed by atoms with Crippen LogP contribution in [0.1, 0.15) is 34.7 Å². The van der Waals surface area contributed by atoms with Crippen LogP contribution in [0.25, 0.3) is 5.69 Å². The summed E-state index contributed by atoms with van der Waals surface area (Å²) in [5, 5.41) is 7.87. The summed E-state index contributed by atoms with van der Waals surface area (Å²) in [6.45, 7) is 4.09. The van der Waals surface area contributed by atoms with Gasteiger partial charge in [0.2, 0.25) is 5.91 Å². The number of ether oxygens (including phenoxy) is 1. The predicted molar refractivity (Wildman–Crippen MR) is 160 cm³/mol. The van der Waals surface area contributed by atoms with Crippen molar-refractivity contribution in [3.05, 3.63) is 106 Å². The summed E-state index contributed by atoms with van der Waals surface area (Å²) in [4.78, 5) is 18.8. The monoisotopic (exact) mass is 579 g/mol. The van der Waals surface area contributed by atoms with E-state index in [1.807, 2.05) is 48.5 Å². The number of carbonyl (C=O) groups is 1. The van der Waals surface area contributed by atoms with Crippen molar-refractivity contribution in [2.24, 2.45) is 0 Å². The molecule has 1 amide bonds. The number of methoxy groups -OCH3 is 1. The lowest BCUT2D eigenvalue weighted by Gasteiger charge is -2.28. The van der Waals surface area contributed by atoms with Gasteiger partial charge in [-0.1, -0.05) is 41.4 Å². The minimum absolute atomic E-state index is 0.0624. The van der Waals surface area contributed by atoms with E-state index in [1.54, 1.807) is 18.3 Å². The highest BCUT2D eigenvalue weighted by atomic mass is 35.5. The number of nitrogens with zero attached hydrogens (tertiary/aromatic N) is 3. The number of benzene rings is 2. The molecule has 2 aromatic heterocycles. The molecule has 0 unspecified atom stereocenters. The van der Waals surface area contributed by atoms with Crippen molar-refractivity contribution in [1.29, 1.82) is 0 Å². The Balaban J connectivity index is 1.62. The molecule has 0 saturated carbocycles. The highest BCUT2D eigenvalue weighted by Crippen LogP contribution is 2.45. The maximum atomic E-state index is 12.1. The van der Waals surface area contributed by atoms with Crippen molar-refractivity contribution in [3.8, 4) is 5.69 Å². The van der Waals surface area contributed by atoms with E-state index in [0.29, 0.717) is 20.8 Å². The highest BCUT2D eigenvalue weighted by Gasteiger charge is 2.42. The van der Waals surface area contributed by atoms with Crippen LogP contribution in [0, 0.1) is 13.8 Å². The number of amides is 1. The second kappa shape index (κ2) is 11.4. The fourth-order valence-corrected chi connectivity index (χ4v) is 5.90. The first-order valence-corrected chi connectivity index (χ1v) is 13.5. The number of pyridine rings is 1. The molecule has 39 heavy (non-hydrogen) atoms. The second-order valence-corrected chi connectivity index (χ2v) is 10.5. The van der Waals surface area contributed by atoms with E-state index >= 15 is 0 Å². The van der Waals surface area contributed by atoms with Crippen LogP contribution in [0.5, 0.6) is 0 Å². The van der Waals surface area contributed by atoms with Gasteiger partial charge in [0.15, 0.2) is 5.11 Å². The fraction of sp³-hybridized carbons (Fsp3) is 0.207. The SMILES string of the molecule is COCC(=O)Nc1ccc(N2C(=S)N[C@H](c3ccccn3)[C@@H]2c2cc(C)n(-c3ccccc3Cl)c2C)cc1Cl. The van der Waals surface area contributed by atoms with Crippen molar-refractivity contribution in [2.45, 2.75) is 25.9 Å². The maximum absolute atomic E-state index is 12.1. The summed E-state index contributed by atoms with van der Waals surface area (Å²) < 4.78 is 7.07. The van der Waals surface area contributed by atoms with Crippen LogP contribution in [0.3, 0.4) is 0 Å². The molecule has 0 spiro atoms. The average molecular weight is 581 g/mol. The zero-order valence-electron chi connectivity index (χ0n) is 21.6. The zero-order valence-corrected chi connectivity index (χ0v) is 23.9. The quantitative estimate of drug-likeness (QED) is 0.242. The number of halogens is 2. The number of anilines is 2. The smallest absolute Gasteiger partial charge is 0.250 e. The van der Waals surface area contributed by atoms with E-state index in [-0.39, 0.29) is 24.6 Å². The van der Waals surface area contributed by atoms with Crippen LogP contribution in [0.4, 0.5) is 11.4 Å². The summed E-state index contributed by atoms with van der Waals surface area (Å²) in [6, 6.07) is 20.8. The normalized spacial score (nSPS) is 16.8. The first-order valence-electron chi connectivity index (χ1n) is 12.3. The van der Waals surface area contributed by atoms with Gasteiger partial charge in [-0.05, 0) is 80.2 Å². The first kappa shape index (κ1) is 27.1. The van der Waals surface area contributed by atoms with Crippen LogP contribution in [0.2, 0.25) is 10.0 Å². The molecular weight excluding hydrogens is 553 g/mol. The van der Waals surface area contributed by atoms with Gasteiger partial charge in [0.1, 0.15) is 6.61 Å². The van der Waals surface area contributed by atoms with E-state index in [1.165, 1.54) is 7.11 Å². The molecule has 1 aliphatic heterocycles. The van der Waals surface area contributed by atoms with Crippen molar-refractivity contribution in [2.75, 3.05) is 23.9 Å². The highest BCUT2D eigenvalue weighted by molar-refractivity contribution is 7.80. The van der Waals surface area contributed by atoms with Crippen LogP contribution >= 0.6 is 35.4 Å². The molecule has 1 aliphatic rings. The first-order chi connectivity index (χ1) is 18.8. The molecule has 3 heterocycles. The summed E-state index contributed by atoms with van der Waals surface area (Å²) in [5.74, 6) is -0.286. The summed E-state index contributed by atoms with van der Waals surface area (Å²) in [5.41, 5.74) is 6.21. The Morgan fingerprint density at radius 2 is 1.85 bits per heavy atom. The molecule has 0 bridgehead atoms. The fourth-order valence-electron chi connectivity index (χ4n) is 5.11. The Kier molecular flexibility index (Phi) is 7.91. The van der Waals surface area contributed by atoms with Gasteiger partial charge in [0.25, 0.3) is 0 Å². The van der Waals surface area contributed by atoms with Gasteiger partial charge in [-0.15, -0.1) is 0 Å². The average Bonchev–Trinajstić information content (AvgIpc) is 3.41. The Morgan fingerprint density at radius 3 is 2.54 bits per heavy atom. The molecule has 200 valence electrons. The molecule has 1 saturated heterocycles. The van der Waals surface area contributed by atoms with Gasteiger partial charge >= 0.3 is 0 Å². The van der Waals surface area contributed by atoms with Gasteiger partial charge in [0.05, 0.1) is 39.2 Å². The molecule has 0 radical (unpaired) electrons. The Hall–Kier alpha value is -3.43. The third-order valence-electron chi connectivity index (χ3n) is 6.76. The third-order valence-corrected chi connectivity index (χ3v) is 7.71. The van der Waals surface area contributed by atoms with E-state index in [2.05, 4.69) is 45.0 Å². The minimum atomic E-state index is -0.286. The second-order valence-electron chi connectivity index (χ2n) is 9.26. The van der Waals surface area contributed by atoms with E-state index in [4.69, 9.17) is 40.2 Å². The van der Waals surface area contributed by atoms with Crippen LogP contribution in [0.15, 0.2) is 72.9 Å². The van der Waals surface area contributed by atoms with Crippen LogP contribution in [-0.4, -0.2) is 34.3 Å². The van der Waals surface area contributed by atoms with E-state index < -0.39 is 0 Å². The molecule has 2 atom stereocenters. The molecule has 4 aromatic rings. The van der Waals surface area contributed by atoms with Gasteiger partial charge in [-0.25, -0.2) is 0 Å². The van der Waals surface area contributed by atoms with E-state index in [9.17, 15) is 4.79 Å². The number of para-hydroxylation sites is 1. The largest absolute Gasteiger partial charge is 0.375 e. The molecule has 2 N–H and O–H groups in total. The molecule has 0 aliphatic carbocycles. The number of aryl methyl sites for hydroxylation is 1. The van der Waals surface area contributed by atoms with E-state index in [0.717, 1.165) is 34.0 Å². The summed E-state index contributed by atoms with van der Waals surface area (Å²) >= 11 is 19.1. The Bertz CT molecular complexity index is 1540. The Labute approximate surface area is 242 Å². The molecule has 2 aromatic carbocycles. The zero-order chi connectivity index (χ0) is 27.7. The van der Waals surface area contributed by atoms with Gasteiger partial charge in [-0.3, -0.25) is 9.78 Å². The summed E-state index contributed by atoms with van der Waals surface area (Å²) in [7, 11) is 1.46. The van der Waals surface area contributed by atoms with Crippen molar-refractivity contribution in [1.82, 2.24) is 14.9 Å². The topological polar surface area (TPSA) is 71.4 Å². The minimum Gasteiger partial charge on any atom is -0.375 e. The number of aromatic nitrogens is 2. The number of hydrogen-bond donors (Lipinski definition) is 2. The van der Waals surface area contributed by atoms with Crippen LogP contribution in [-0.2, 0) is 9.53 Å². The molecule has 7 nitrogen and oxygen atoms in total. The maximum Gasteiger partial charge on any atom is 0.250 e. The van der Waals surface area contributed by atoms with Crippen molar-refractivity contribution < 1.29 is 9.53 Å². The van der Waals surface area contributed by atoms with Crippen molar-refractivity contribution >= 4 is 57.8 Å². The number of rotatable bonds is 7. The number of hydrogen-bond acceptors (Lipinski definition) is 4. The summed E-state index contributed by atoms with van der Waals surface area (Å²) in [6.07, 6.45) is 1.78. The number of thiocarbonyl (C=S) groups is 1. The number of carbonyl (C=O) groups excluding carboxylic acids is 1.